The first kappa shape index (κ1) is 12.7. The highest BCUT2D eigenvalue weighted by Gasteiger charge is 2.19. The summed E-state index contributed by atoms with van der Waals surface area (Å²) in [6, 6.07) is 7.13. The molecule has 0 unspecified atom stereocenters. The van der Waals surface area contributed by atoms with Crippen LogP contribution in [-0.4, -0.2) is 16.0 Å². The number of H-pyrrole nitrogens is 1. The number of nitrogens with one attached hydrogen (secondary N) is 2. The van der Waals surface area contributed by atoms with Crippen molar-refractivity contribution in [2.45, 2.75) is 13.8 Å². The van der Waals surface area contributed by atoms with E-state index in [0.717, 1.165) is 11.2 Å². The molecule has 6 heteroatoms. The number of anilines is 1. The van der Waals surface area contributed by atoms with Crippen LogP contribution < -0.4 is 5.32 Å². The molecule has 3 rings (SSSR count). The highest BCUT2D eigenvalue weighted by Crippen LogP contribution is 2.29. The van der Waals surface area contributed by atoms with Crippen molar-refractivity contribution < 1.29 is 9.32 Å². The summed E-state index contributed by atoms with van der Waals surface area (Å²) in [7, 11) is 0. The van der Waals surface area contributed by atoms with Crippen molar-refractivity contribution in [3.8, 4) is 0 Å². The molecule has 3 aromatic rings. The first-order chi connectivity index (χ1) is 9.56. The number of carbonyl (C=O) groups is 1. The molecule has 0 aliphatic heterocycles. The minimum Gasteiger partial charge on any atom is -0.360 e. The Balaban J connectivity index is 2.05. The fourth-order valence-electron chi connectivity index (χ4n) is 2.22. The third-order valence-electron chi connectivity index (χ3n) is 3.06. The summed E-state index contributed by atoms with van der Waals surface area (Å²) in [6.07, 6.45) is 0. The molecule has 0 aliphatic rings. The second-order valence-electron chi connectivity index (χ2n) is 4.56. The number of amides is 1. The van der Waals surface area contributed by atoms with Crippen molar-refractivity contribution in [3.63, 3.8) is 0 Å². The SMILES string of the molecule is Cc1cc(NC(=O)c2c(C)[nH]c3cccc(Cl)c23)no1. The Morgan fingerprint density at radius 1 is 1.40 bits per heavy atom. The molecule has 0 saturated carbocycles. The summed E-state index contributed by atoms with van der Waals surface area (Å²) in [4.78, 5) is 15.6. The minimum absolute atomic E-state index is 0.268. The van der Waals surface area contributed by atoms with Crippen molar-refractivity contribution in [1.82, 2.24) is 10.1 Å². The van der Waals surface area contributed by atoms with Gasteiger partial charge >= 0.3 is 0 Å². The zero-order valence-corrected chi connectivity index (χ0v) is 11.7. The van der Waals surface area contributed by atoms with Gasteiger partial charge in [0.25, 0.3) is 5.91 Å². The van der Waals surface area contributed by atoms with Gasteiger partial charge in [-0.3, -0.25) is 4.79 Å². The predicted molar refractivity (Wildman–Crippen MR) is 77.2 cm³/mol. The Labute approximate surface area is 119 Å². The maximum atomic E-state index is 12.4. The van der Waals surface area contributed by atoms with E-state index in [-0.39, 0.29) is 5.91 Å². The van der Waals surface area contributed by atoms with Gasteiger partial charge in [-0.25, -0.2) is 0 Å². The quantitative estimate of drug-likeness (QED) is 0.756. The number of carbonyl (C=O) groups excluding carboxylic acids is 1. The van der Waals surface area contributed by atoms with E-state index in [1.807, 2.05) is 19.1 Å². The maximum absolute atomic E-state index is 12.4. The number of nitrogens with zero attached hydrogens (tertiary/aromatic N) is 1. The van der Waals surface area contributed by atoms with Crippen LogP contribution in [0.2, 0.25) is 5.02 Å². The van der Waals surface area contributed by atoms with Crippen molar-refractivity contribution >= 4 is 34.2 Å². The first-order valence-corrected chi connectivity index (χ1v) is 6.45. The van der Waals surface area contributed by atoms with Crippen LogP contribution in [0.3, 0.4) is 0 Å². The molecule has 0 atom stereocenters. The molecule has 0 bridgehead atoms. The van der Waals surface area contributed by atoms with Gasteiger partial charge in [0.15, 0.2) is 5.82 Å². The van der Waals surface area contributed by atoms with Crippen molar-refractivity contribution in [3.05, 3.63) is 46.3 Å². The number of benzene rings is 1. The standard InChI is InChI=1S/C14H12ClN3O2/c1-7-6-11(18-20-7)17-14(19)12-8(2)16-10-5-3-4-9(15)13(10)12/h3-6,16H,1-2H3,(H,17,18,19). The zero-order valence-electron chi connectivity index (χ0n) is 11.0. The Hall–Kier alpha value is -2.27. The Kier molecular flexibility index (Phi) is 2.99. The average Bonchev–Trinajstić information content (AvgIpc) is 2.93. The van der Waals surface area contributed by atoms with E-state index in [4.69, 9.17) is 16.1 Å². The van der Waals surface area contributed by atoms with Gasteiger partial charge in [0.05, 0.1) is 10.6 Å². The number of aromatic nitrogens is 2. The lowest BCUT2D eigenvalue weighted by Gasteiger charge is -2.02. The predicted octanol–water partition coefficient (Wildman–Crippen LogP) is 3.68. The zero-order chi connectivity index (χ0) is 14.3. The molecule has 0 radical (unpaired) electrons. The molecular weight excluding hydrogens is 278 g/mol. The van der Waals surface area contributed by atoms with Gasteiger partial charge in [-0.05, 0) is 26.0 Å². The van der Waals surface area contributed by atoms with E-state index in [1.165, 1.54) is 0 Å². The van der Waals surface area contributed by atoms with Crippen molar-refractivity contribution in [2.24, 2.45) is 0 Å². The molecule has 102 valence electrons. The van der Waals surface area contributed by atoms with E-state index in [1.54, 1.807) is 19.1 Å². The number of hydrogen-bond donors (Lipinski definition) is 2. The van der Waals surface area contributed by atoms with Crippen LogP contribution in [0, 0.1) is 13.8 Å². The Morgan fingerprint density at radius 2 is 2.20 bits per heavy atom. The monoisotopic (exact) mass is 289 g/mol. The molecule has 2 aromatic heterocycles. The summed E-state index contributed by atoms with van der Waals surface area (Å²) in [5.41, 5.74) is 2.11. The van der Waals surface area contributed by atoms with E-state index in [9.17, 15) is 4.79 Å². The summed E-state index contributed by atoms with van der Waals surface area (Å²) in [5, 5.41) is 7.70. The second-order valence-corrected chi connectivity index (χ2v) is 4.97. The molecule has 0 fully saturated rings. The highest BCUT2D eigenvalue weighted by molar-refractivity contribution is 6.37. The number of aromatic amines is 1. The van der Waals surface area contributed by atoms with Gasteiger partial charge < -0.3 is 14.8 Å². The molecule has 0 saturated heterocycles. The van der Waals surface area contributed by atoms with Gasteiger partial charge in [0.2, 0.25) is 0 Å². The van der Waals surface area contributed by atoms with Gasteiger partial charge in [-0.15, -0.1) is 0 Å². The molecule has 2 N–H and O–H groups in total. The van der Waals surface area contributed by atoms with Gasteiger partial charge in [0.1, 0.15) is 5.76 Å². The van der Waals surface area contributed by atoms with Crippen LogP contribution in [-0.2, 0) is 0 Å². The summed E-state index contributed by atoms with van der Waals surface area (Å²) in [6.45, 7) is 3.59. The number of rotatable bonds is 2. The van der Waals surface area contributed by atoms with E-state index < -0.39 is 0 Å². The average molecular weight is 290 g/mol. The number of aryl methyl sites for hydroxylation is 2. The maximum Gasteiger partial charge on any atom is 0.259 e. The molecule has 1 amide bonds. The lowest BCUT2D eigenvalue weighted by atomic mass is 10.1. The van der Waals surface area contributed by atoms with Gasteiger partial charge in [-0.1, -0.05) is 22.8 Å². The third-order valence-corrected chi connectivity index (χ3v) is 3.37. The molecular formula is C14H12ClN3O2. The Morgan fingerprint density at radius 3 is 2.90 bits per heavy atom. The van der Waals surface area contributed by atoms with Crippen LogP contribution in [0.15, 0.2) is 28.8 Å². The summed E-state index contributed by atoms with van der Waals surface area (Å²) >= 11 is 6.19. The highest BCUT2D eigenvalue weighted by atomic mass is 35.5. The van der Waals surface area contributed by atoms with E-state index in [0.29, 0.717) is 27.6 Å². The third kappa shape index (κ3) is 2.06. The van der Waals surface area contributed by atoms with Crippen LogP contribution in [0.5, 0.6) is 0 Å². The molecule has 1 aromatic carbocycles. The van der Waals surface area contributed by atoms with E-state index in [2.05, 4.69) is 15.5 Å². The Bertz CT molecular complexity index is 804. The summed E-state index contributed by atoms with van der Waals surface area (Å²) < 4.78 is 4.93. The van der Waals surface area contributed by atoms with Crippen LogP contribution in [0.4, 0.5) is 5.82 Å². The molecule has 2 heterocycles. The number of fused-ring (bicyclic) bond motifs is 1. The van der Waals surface area contributed by atoms with Crippen LogP contribution in [0.1, 0.15) is 21.8 Å². The fourth-order valence-corrected chi connectivity index (χ4v) is 2.49. The van der Waals surface area contributed by atoms with Crippen molar-refractivity contribution in [2.75, 3.05) is 5.32 Å². The second kappa shape index (κ2) is 4.68. The lowest BCUT2D eigenvalue weighted by Crippen LogP contribution is -2.13. The number of hydrogen-bond acceptors (Lipinski definition) is 3. The smallest absolute Gasteiger partial charge is 0.259 e. The molecule has 0 aliphatic carbocycles. The lowest BCUT2D eigenvalue weighted by molar-refractivity contribution is 0.102. The van der Waals surface area contributed by atoms with E-state index >= 15 is 0 Å². The molecule has 5 nitrogen and oxygen atoms in total. The minimum atomic E-state index is -0.268. The number of halogens is 1. The van der Waals surface area contributed by atoms with Crippen molar-refractivity contribution in [1.29, 1.82) is 0 Å². The fraction of sp³-hybridized carbons (Fsp3) is 0.143. The van der Waals surface area contributed by atoms with Gasteiger partial charge in [0, 0.05) is 22.7 Å². The molecule has 0 spiro atoms. The topological polar surface area (TPSA) is 70.9 Å². The van der Waals surface area contributed by atoms with Gasteiger partial charge in [-0.2, -0.15) is 0 Å². The summed E-state index contributed by atoms with van der Waals surface area (Å²) in [5.74, 6) is 0.748. The first-order valence-electron chi connectivity index (χ1n) is 6.07. The normalized spacial score (nSPS) is 10.9. The van der Waals surface area contributed by atoms with Crippen LogP contribution >= 0.6 is 11.6 Å². The molecule has 20 heavy (non-hydrogen) atoms. The van der Waals surface area contributed by atoms with Crippen LogP contribution in [0.25, 0.3) is 10.9 Å². The largest absolute Gasteiger partial charge is 0.360 e.